The van der Waals surface area contributed by atoms with Gasteiger partial charge in [0.1, 0.15) is 5.38 Å². The molecule has 14 heavy (non-hydrogen) atoms. The number of rotatable bonds is 5. The SMILES string of the molecule is C/C(=C\CCOC(=O)C(C)Cl)C(=O)O. The third-order valence-electron chi connectivity index (χ3n) is 1.47. The first-order valence-corrected chi connectivity index (χ1v) is 4.59. The van der Waals surface area contributed by atoms with Crippen LogP contribution in [0.5, 0.6) is 0 Å². The molecule has 0 saturated heterocycles. The Bertz CT molecular complexity index is 245. The van der Waals surface area contributed by atoms with E-state index in [0.29, 0.717) is 6.42 Å². The highest BCUT2D eigenvalue weighted by molar-refractivity contribution is 6.29. The van der Waals surface area contributed by atoms with Crippen molar-refractivity contribution in [3.63, 3.8) is 0 Å². The molecule has 1 N–H and O–H groups in total. The second-order valence-electron chi connectivity index (χ2n) is 2.76. The van der Waals surface area contributed by atoms with Gasteiger partial charge >= 0.3 is 11.9 Å². The van der Waals surface area contributed by atoms with Gasteiger partial charge in [-0.05, 0) is 13.8 Å². The molecule has 0 spiro atoms. The number of alkyl halides is 1. The summed E-state index contributed by atoms with van der Waals surface area (Å²) in [6, 6.07) is 0. The lowest BCUT2D eigenvalue weighted by Gasteiger charge is -2.03. The number of carboxylic acids is 1. The van der Waals surface area contributed by atoms with E-state index in [1.54, 1.807) is 0 Å². The summed E-state index contributed by atoms with van der Waals surface area (Å²) in [5.41, 5.74) is 0.236. The lowest BCUT2D eigenvalue weighted by Crippen LogP contribution is -2.14. The predicted octanol–water partition coefficient (Wildman–Crippen LogP) is 1.58. The van der Waals surface area contributed by atoms with Crippen molar-refractivity contribution in [1.82, 2.24) is 0 Å². The van der Waals surface area contributed by atoms with Gasteiger partial charge in [-0.3, -0.25) is 4.79 Å². The lowest BCUT2D eigenvalue weighted by atomic mass is 10.2. The van der Waals surface area contributed by atoms with Gasteiger partial charge in [-0.25, -0.2) is 4.79 Å². The van der Waals surface area contributed by atoms with Crippen molar-refractivity contribution in [2.45, 2.75) is 25.6 Å². The van der Waals surface area contributed by atoms with Crippen molar-refractivity contribution in [2.24, 2.45) is 0 Å². The van der Waals surface area contributed by atoms with Gasteiger partial charge in [-0.15, -0.1) is 11.6 Å². The van der Waals surface area contributed by atoms with Crippen LogP contribution in [0.2, 0.25) is 0 Å². The first kappa shape index (κ1) is 13.0. The molecule has 1 atom stereocenters. The maximum atomic E-state index is 10.8. The fraction of sp³-hybridized carbons (Fsp3) is 0.556. The van der Waals surface area contributed by atoms with E-state index in [4.69, 9.17) is 21.4 Å². The molecule has 0 aliphatic carbocycles. The first-order valence-electron chi connectivity index (χ1n) is 4.16. The largest absolute Gasteiger partial charge is 0.478 e. The lowest BCUT2D eigenvalue weighted by molar-refractivity contribution is -0.142. The molecule has 5 heteroatoms. The molecule has 0 aromatic heterocycles. The number of carbonyl (C=O) groups is 2. The van der Waals surface area contributed by atoms with Gasteiger partial charge < -0.3 is 9.84 Å². The summed E-state index contributed by atoms with van der Waals surface area (Å²) in [7, 11) is 0. The molecule has 0 radical (unpaired) electrons. The fourth-order valence-electron chi connectivity index (χ4n) is 0.637. The number of halogens is 1. The summed E-state index contributed by atoms with van der Waals surface area (Å²) in [5.74, 6) is -1.46. The normalized spacial score (nSPS) is 13.5. The Labute approximate surface area is 87.5 Å². The number of carboxylic acid groups (broad SMARTS) is 1. The minimum atomic E-state index is -0.970. The minimum Gasteiger partial charge on any atom is -0.478 e. The van der Waals surface area contributed by atoms with Crippen LogP contribution in [-0.2, 0) is 14.3 Å². The number of hydrogen-bond donors (Lipinski definition) is 1. The van der Waals surface area contributed by atoms with Crippen LogP contribution in [0.25, 0.3) is 0 Å². The second-order valence-corrected chi connectivity index (χ2v) is 3.42. The molecule has 0 fully saturated rings. The van der Waals surface area contributed by atoms with Crippen LogP contribution in [0.1, 0.15) is 20.3 Å². The monoisotopic (exact) mass is 220 g/mol. The van der Waals surface area contributed by atoms with E-state index < -0.39 is 17.3 Å². The van der Waals surface area contributed by atoms with Gasteiger partial charge in [0.05, 0.1) is 6.61 Å². The molecule has 0 bridgehead atoms. The van der Waals surface area contributed by atoms with Crippen molar-refractivity contribution in [2.75, 3.05) is 6.61 Å². The minimum absolute atomic E-state index is 0.153. The van der Waals surface area contributed by atoms with Crippen LogP contribution in [0.3, 0.4) is 0 Å². The van der Waals surface area contributed by atoms with E-state index in [2.05, 4.69) is 0 Å². The Morgan fingerprint density at radius 3 is 2.57 bits per heavy atom. The summed E-state index contributed by atoms with van der Waals surface area (Å²) in [4.78, 5) is 21.2. The Balaban J connectivity index is 3.71. The zero-order valence-electron chi connectivity index (χ0n) is 8.12. The highest BCUT2D eigenvalue weighted by Crippen LogP contribution is 1.99. The Hall–Kier alpha value is -1.03. The van der Waals surface area contributed by atoms with E-state index in [-0.39, 0.29) is 12.2 Å². The van der Waals surface area contributed by atoms with Crippen LogP contribution in [0.15, 0.2) is 11.6 Å². The molecule has 0 aliphatic rings. The van der Waals surface area contributed by atoms with Crippen molar-refractivity contribution >= 4 is 23.5 Å². The predicted molar refractivity (Wildman–Crippen MR) is 52.3 cm³/mol. The summed E-state index contributed by atoms with van der Waals surface area (Å²) in [6.07, 6.45) is 1.88. The van der Waals surface area contributed by atoms with Gasteiger partial charge in [0.2, 0.25) is 0 Å². The fourth-order valence-corrected chi connectivity index (χ4v) is 0.700. The van der Waals surface area contributed by atoms with Gasteiger partial charge in [-0.1, -0.05) is 6.08 Å². The van der Waals surface area contributed by atoms with Crippen LogP contribution in [0.4, 0.5) is 0 Å². The highest BCUT2D eigenvalue weighted by atomic mass is 35.5. The third-order valence-corrected chi connectivity index (χ3v) is 1.65. The summed E-state index contributed by atoms with van der Waals surface area (Å²) < 4.78 is 4.73. The standard InChI is InChI=1S/C9H13ClO4/c1-6(8(11)12)4-3-5-14-9(13)7(2)10/h4,7H,3,5H2,1-2H3,(H,11,12)/b6-4+. The van der Waals surface area contributed by atoms with Crippen LogP contribution in [-0.4, -0.2) is 29.0 Å². The zero-order chi connectivity index (χ0) is 11.1. The molecular formula is C9H13ClO4. The molecule has 0 aromatic carbocycles. The number of ether oxygens (including phenoxy) is 1. The molecular weight excluding hydrogens is 208 g/mol. The molecule has 0 aromatic rings. The smallest absolute Gasteiger partial charge is 0.330 e. The average molecular weight is 221 g/mol. The van der Waals surface area contributed by atoms with Crippen molar-refractivity contribution in [1.29, 1.82) is 0 Å². The third kappa shape index (κ3) is 5.59. The molecule has 1 unspecified atom stereocenters. The summed E-state index contributed by atoms with van der Waals surface area (Å²) >= 11 is 5.44. The molecule has 0 heterocycles. The van der Waals surface area contributed by atoms with E-state index in [0.717, 1.165) is 0 Å². The second kappa shape index (κ2) is 6.43. The Morgan fingerprint density at radius 1 is 1.57 bits per heavy atom. The van der Waals surface area contributed by atoms with Crippen molar-refractivity contribution in [3.8, 4) is 0 Å². The number of esters is 1. The zero-order valence-corrected chi connectivity index (χ0v) is 8.87. The Kier molecular flexibility index (Phi) is 5.95. The van der Waals surface area contributed by atoms with Crippen LogP contribution in [0, 0.1) is 0 Å². The maximum Gasteiger partial charge on any atom is 0.330 e. The molecule has 0 saturated carbocycles. The van der Waals surface area contributed by atoms with Gasteiger partial charge in [0.15, 0.2) is 0 Å². The van der Waals surface area contributed by atoms with E-state index in [1.807, 2.05) is 0 Å². The van der Waals surface area contributed by atoms with E-state index in [1.165, 1.54) is 19.9 Å². The summed E-state index contributed by atoms with van der Waals surface area (Å²) in [5, 5.41) is 7.81. The highest BCUT2D eigenvalue weighted by Gasteiger charge is 2.09. The number of hydrogen-bond acceptors (Lipinski definition) is 3. The van der Waals surface area contributed by atoms with Gasteiger partial charge in [0, 0.05) is 12.0 Å². The number of aliphatic carboxylic acids is 1. The Morgan fingerprint density at radius 2 is 2.14 bits per heavy atom. The van der Waals surface area contributed by atoms with Gasteiger partial charge in [-0.2, -0.15) is 0 Å². The van der Waals surface area contributed by atoms with Gasteiger partial charge in [0.25, 0.3) is 0 Å². The molecule has 4 nitrogen and oxygen atoms in total. The van der Waals surface area contributed by atoms with Crippen molar-refractivity contribution in [3.05, 3.63) is 11.6 Å². The summed E-state index contributed by atoms with van der Waals surface area (Å²) in [6.45, 7) is 3.15. The molecule has 80 valence electrons. The molecule has 0 rings (SSSR count). The van der Waals surface area contributed by atoms with Crippen LogP contribution < -0.4 is 0 Å². The number of carbonyl (C=O) groups excluding carboxylic acids is 1. The molecule has 0 aliphatic heterocycles. The molecule has 0 amide bonds. The van der Waals surface area contributed by atoms with E-state index >= 15 is 0 Å². The maximum absolute atomic E-state index is 10.8. The quantitative estimate of drug-likeness (QED) is 0.331. The van der Waals surface area contributed by atoms with Crippen LogP contribution >= 0.6 is 11.6 Å². The van der Waals surface area contributed by atoms with Crippen molar-refractivity contribution < 1.29 is 19.4 Å². The van der Waals surface area contributed by atoms with E-state index in [9.17, 15) is 9.59 Å². The average Bonchev–Trinajstić information content (AvgIpc) is 2.11. The topological polar surface area (TPSA) is 63.6 Å². The first-order chi connectivity index (χ1) is 6.45.